The Morgan fingerprint density at radius 2 is 1.69 bits per heavy atom. The van der Waals surface area contributed by atoms with Gasteiger partial charge in [0.2, 0.25) is 5.91 Å². The molecule has 0 fully saturated rings. The smallest absolute Gasteiger partial charge is 0.264 e. The number of benzene rings is 3. The third-order valence-corrected chi connectivity index (χ3v) is 7.04. The summed E-state index contributed by atoms with van der Waals surface area (Å²) in [5, 5.41) is 3.67. The summed E-state index contributed by atoms with van der Waals surface area (Å²) in [6.45, 7) is 1.76. The van der Waals surface area contributed by atoms with Crippen LogP contribution in [0, 0.1) is 6.92 Å². The molecule has 9 heteroatoms. The maximum absolute atomic E-state index is 13.4. The summed E-state index contributed by atoms with van der Waals surface area (Å²) in [7, 11) is -2.44. The fourth-order valence-electron chi connectivity index (χ4n) is 3.07. The highest BCUT2D eigenvalue weighted by Gasteiger charge is 2.26. The second-order valence-corrected chi connectivity index (χ2v) is 9.73. The first-order valence-corrected chi connectivity index (χ1v) is 11.9. The van der Waals surface area contributed by atoms with Crippen LogP contribution in [0.25, 0.3) is 0 Å². The summed E-state index contributed by atoms with van der Waals surface area (Å²) in [5.41, 5.74) is 1.83. The van der Waals surface area contributed by atoms with E-state index in [0.29, 0.717) is 27.2 Å². The zero-order valence-electron chi connectivity index (χ0n) is 17.5. The number of hydrogen-bond donors (Lipinski definition) is 1. The van der Waals surface area contributed by atoms with Crippen molar-refractivity contribution in [1.29, 1.82) is 0 Å². The van der Waals surface area contributed by atoms with Gasteiger partial charge < -0.3 is 10.1 Å². The zero-order valence-corrected chi connectivity index (χ0v) is 19.8. The number of ether oxygens (including phenoxy) is 1. The number of halogens is 2. The van der Waals surface area contributed by atoms with Gasteiger partial charge in [-0.3, -0.25) is 9.10 Å². The molecule has 32 heavy (non-hydrogen) atoms. The quantitative estimate of drug-likeness (QED) is 0.448. The highest BCUT2D eigenvalue weighted by atomic mass is 35.5. The Hall–Kier alpha value is -2.74. The van der Waals surface area contributed by atoms with Crippen molar-refractivity contribution in [1.82, 2.24) is 0 Å². The number of carbonyl (C=O) groups is 1. The first-order valence-electron chi connectivity index (χ1n) is 9.69. The molecule has 6 nitrogen and oxygen atoms in total. The predicted octanol–water partition coefficient (Wildman–Crippen LogP) is 5.53. The van der Waals surface area contributed by atoms with Crippen LogP contribution in [0.1, 0.15) is 12.0 Å². The van der Waals surface area contributed by atoms with Crippen LogP contribution in [-0.4, -0.2) is 28.0 Å². The van der Waals surface area contributed by atoms with Crippen LogP contribution in [0.4, 0.5) is 11.4 Å². The van der Waals surface area contributed by atoms with Crippen molar-refractivity contribution in [2.24, 2.45) is 0 Å². The molecule has 0 atom stereocenters. The second kappa shape index (κ2) is 10.3. The van der Waals surface area contributed by atoms with Crippen molar-refractivity contribution >= 4 is 50.5 Å². The molecule has 0 aliphatic carbocycles. The number of carbonyl (C=O) groups excluding carboxylic acids is 1. The minimum atomic E-state index is -3.97. The lowest BCUT2D eigenvalue weighted by Gasteiger charge is -2.25. The van der Waals surface area contributed by atoms with Gasteiger partial charge in [0.25, 0.3) is 10.0 Å². The summed E-state index contributed by atoms with van der Waals surface area (Å²) in [4.78, 5) is 12.6. The Kier molecular flexibility index (Phi) is 7.66. The van der Waals surface area contributed by atoms with Gasteiger partial charge in [0.1, 0.15) is 5.75 Å². The number of rotatable bonds is 8. The van der Waals surface area contributed by atoms with Crippen LogP contribution in [0.3, 0.4) is 0 Å². The Labute approximate surface area is 197 Å². The van der Waals surface area contributed by atoms with E-state index in [1.807, 2.05) is 6.92 Å². The monoisotopic (exact) mass is 492 g/mol. The molecule has 0 aliphatic heterocycles. The fourth-order valence-corrected chi connectivity index (χ4v) is 5.07. The lowest BCUT2D eigenvalue weighted by atomic mass is 10.2. The predicted molar refractivity (Wildman–Crippen MR) is 128 cm³/mol. The van der Waals surface area contributed by atoms with Crippen LogP contribution in [-0.2, 0) is 14.8 Å². The van der Waals surface area contributed by atoms with Gasteiger partial charge in [0.15, 0.2) is 0 Å². The fraction of sp³-hybridized carbons (Fsp3) is 0.174. The Morgan fingerprint density at radius 1 is 1.00 bits per heavy atom. The number of anilines is 2. The van der Waals surface area contributed by atoms with Crippen LogP contribution in [0.15, 0.2) is 71.6 Å². The summed E-state index contributed by atoms with van der Waals surface area (Å²) < 4.78 is 33.1. The van der Waals surface area contributed by atoms with Crippen LogP contribution in [0.5, 0.6) is 5.75 Å². The number of amides is 1. The van der Waals surface area contributed by atoms with E-state index in [1.54, 1.807) is 54.6 Å². The van der Waals surface area contributed by atoms with E-state index in [0.717, 1.165) is 5.56 Å². The molecule has 0 heterocycles. The van der Waals surface area contributed by atoms with Crippen molar-refractivity contribution in [2.75, 3.05) is 23.3 Å². The number of methoxy groups -OCH3 is 1. The number of nitrogens with one attached hydrogen (secondary N) is 1. The number of sulfonamides is 1. The second-order valence-electron chi connectivity index (χ2n) is 6.99. The van der Waals surface area contributed by atoms with E-state index in [1.165, 1.54) is 23.5 Å². The standard InChI is InChI=1S/C23H22Cl2N2O4S/c1-16-14-18(25)6-11-22(16)26-23(28)12-13-27(19-7-9-20(31-2)10-8-19)32(29,30)21-5-3-4-17(24)15-21/h3-11,14-15H,12-13H2,1-2H3,(H,26,28). The van der Waals surface area contributed by atoms with Gasteiger partial charge in [0, 0.05) is 28.7 Å². The average Bonchev–Trinajstić information content (AvgIpc) is 2.76. The number of nitrogens with zero attached hydrogens (tertiary/aromatic N) is 1. The summed E-state index contributed by atoms with van der Waals surface area (Å²) in [6, 6.07) is 17.7. The maximum Gasteiger partial charge on any atom is 0.264 e. The van der Waals surface area contributed by atoms with Crippen LogP contribution >= 0.6 is 23.2 Å². The Morgan fingerprint density at radius 3 is 2.31 bits per heavy atom. The molecule has 3 aromatic carbocycles. The molecule has 0 unspecified atom stereocenters. The van der Waals surface area contributed by atoms with Gasteiger partial charge in [0.05, 0.1) is 17.7 Å². The molecule has 3 aromatic rings. The Balaban J connectivity index is 1.86. The summed E-state index contributed by atoms with van der Waals surface area (Å²) in [6.07, 6.45) is -0.0616. The van der Waals surface area contributed by atoms with Gasteiger partial charge in [-0.05, 0) is 73.2 Å². The van der Waals surface area contributed by atoms with Crippen molar-refractivity contribution in [3.05, 3.63) is 82.3 Å². The summed E-state index contributed by atoms with van der Waals surface area (Å²) in [5.74, 6) is 0.264. The normalized spacial score (nSPS) is 11.1. The highest BCUT2D eigenvalue weighted by Crippen LogP contribution is 2.27. The minimum Gasteiger partial charge on any atom is -0.497 e. The molecule has 0 saturated carbocycles. The third kappa shape index (κ3) is 5.73. The SMILES string of the molecule is COc1ccc(N(CCC(=O)Nc2ccc(Cl)cc2C)S(=O)(=O)c2cccc(Cl)c2)cc1. The van der Waals surface area contributed by atoms with Gasteiger partial charge in [-0.25, -0.2) is 8.42 Å². The number of hydrogen-bond acceptors (Lipinski definition) is 4. The maximum atomic E-state index is 13.4. The lowest BCUT2D eigenvalue weighted by Crippen LogP contribution is -2.34. The first kappa shape index (κ1) is 23.9. The molecule has 1 N–H and O–H groups in total. The van der Waals surface area contributed by atoms with Crippen LogP contribution < -0.4 is 14.4 Å². The zero-order chi connectivity index (χ0) is 23.3. The van der Waals surface area contributed by atoms with Crippen molar-refractivity contribution in [3.63, 3.8) is 0 Å². The van der Waals surface area contributed by atoms with E-state index in [9.17, 15) is 13.2 Å². The van der Waals surface area contributed by atoms with E-state index in [2.05, 4.69) is 5.32 Å². The van der Waals surface area contributed by atoms with Crippen molar-refractivity contribution in [3.8, 4) is 5.75 Å². The van der Waals surface area contributed by atoms with E-state index >= 15 is 0 Å². The topological polar surface area (TPSA) is 75.7 Å². The van der Waals surface area contributed by atoms with Crippen molar-refractivity contribution in [2.45, 2.75) is 18.2 Å². The molecule has 0 bridgehead atoms. The minimum absolute atomic E-state index is 0.0368. The molecule has 3 rings (SSSR count). The molecule has 168 valence electrons. The molecule has 0 saturated heterocycles. The van der Waals surface area contributed by atoms with E-state index in [-0.39, 0.29) is 23.8 Å². The largest absolute Gasteiger partial charge is 0.497 e. The molecule has 0 radical (unpaired) electrons. The van der Waals surface area contributed by atoms with Gasteiger partial charge >= 0.3 is 0 Å². The van der Waals surface area contributed by atoms with Gasteiger partial charge in [-0.1, -0.05) is 29.3 Å². The molecule has 0 aliphatic rings. The average molecular weight is 493 g/mol. The van der Waals surface area contributed by atoms with E-state index < -0.39 is 10.0 Å². The Bertz CT molecular complexity index is 1210. The van der Waals surface area contributed by atoms with E-state index in [4.69, 9.17) is 27.9 Å². The third-order valence-electron chi connectivity index (χ3n) is 4.75. The first-order chi connectivity index (χ1) is 15.2. The van der Waals surface area contributed by atoms with Crippen LogP contribution in [0.2, 0.25) is 10.0 Å². The highest BCUT2D eigenvalue weighted by molar-refractivity contribution is 7.92. The lowest BCUT2D eigenvalue weighted by molar-refractivity contribution is -0.116. The van der Waals surface area contributed by atoms with Gasteiger partial charge in [-0.15, -0.1) is 0 Å². The molecule has 0 aromatic heterocycles. The molecule has 1 amide bonds. The van der Waals surface area contributed by atoms with Gasteiger partial charge in [-0.2, -0.15) is 0 Å². The molecular formula is C23H22Cl2N2O4S. The molecule has 0 spiro atoms. The summed E-state index contributed by atoms with van der Waals surface area (Å²) >= 11 is 12.0. The molecular weight excluding hydrogens is 471 g/mol. The number of aryl methyl sites for hydroxylation is 1. The van der Waals surface area contributed by atoms with Crippen molar-refractivity contribution < 1.29 is 17.9 Å².